The summed E-state index contributed by atoms with van der Waals surface area (Å²) in [7, 11) is 0. The molecule has 2 rings (SSSR count). The number of hydrogen-bond donors (Lipinski definition) is 2. The van der Waals surface area contributed by atoms with Crippen LogP contribution < -0.4 is 11.1 Å². The Morgan fingerprint density at radius 2 is 2.07 bits per heavy atom. The van der Waals surface area contributed by atoms with Crippen LogP contribution in [0.2, 0.25) is 0 Å². The second-order valence-electron chi connectivity index (χ2n) is 4.16. The summed E-state index contributed by atoms with van der Waals surface area (Å²) in [5, 5.41) is 3.56. The maximum atomic E-state index is 6.10. The molecule has 1 saturated heterocycles. The molecule has 3 N–H and O–H groups in total. The van der Waals surface area contributed by atoms with Crippen LogP contribution in [0.1, 0.15) is 25.3 Å². The van der Waals surface area contributed by atoms with Crippen molar-refractivity contribution in [1.29, 1.82) is 0 Å². The van der Waals surface area contributed by atoms with E-state index in [1.165, 1.54) is 12.0 Å². The van der Waals surface area contributed by atoms with Gasteiger partial charge in [-0.1, -0.05) is 30.3 Å². The first-order valence-electron chi connectivity index (χ1n) is 5.32. The second-order valence-corrected chi connectivity index (χ2v) is 4.16. The van der Waals surface area contributed by atoms with Crippen molar-refractivity contribution in [3.8, 4) is 0 Å². The summed E-state index contributed by atoms with van der Waals surface area (Å²) in [6.07, 6.45) is 2.37. The van der Waals surface area contributed by atoms with Gasteiger partial charge in [-0.25, -0.2) is 0 Å². The van der Waals surface area contributed by atoms with Crippen LogP contribution in [0, 0.1) is 0 Å². The Balaban J connectivity index is 2.36. The fourth-order valence-corrected chi connectivity index (χ4v) is 2.40. The zero-order valence-corrected chi connectivity index (χ0v) is 8.66. The molecule has 0 spiro atoms. The third kappa shape index (κ3) is 1.45. The van der Waals surface area contributed by atoms with Gasteiger partial charge in [-0.3, -0.25) is 0 Å². The van der Waals surface area contributed by atoms with Crippen LogP contribution in [0.4, 0.5) is 0 Å². The molecule has 0 aromatic heterocycles. The Hall–Kier alpha value is -0.860. The van der Waals surface area contributed by atoms with Gasteiger partial charge in [0, 0.05) is 6.04 Å². The molecular formula is C12H18N2. The fourth-order valence-electron chi connectivity index (χ4n) is 2.40. The van der Waals surface area contributed by atoms with E-state index in [4.69, 9.17) is 5.73 Å². The first kappa shape index (κ1) is 9.69. The summed E-state index contributed by atoms with van der Waals surface area (Å²) in [5.74, 6) is 0. The molecule has 1 aliphatic heterocycles. The monoisotopic (exact) mass is 190 g/mol. The van der Waals surface area contributed by atoms with Gasteiger partial charge >= 0.3 is 0 Å². The molecule has 1 aromatic rings. The SMILES string of the molecule is CC(N)C1(c2ccccc2)CCCN1. The van der Waals surface area contributed by atoms with Gasteiger partial charge in [0.15, 0.2) is 0 Å². The number of nitrogens with two attached hydrogens (primary N) is 1. The molecule has 2 heteroatoms. The van der Waals surface area contributed by atoms with Crippen molar-refractivity contribution in [2.75, 3.05) is 6.54 Å². The van der Waals surface area contributed by atoms with Gasteiger partial charge in [0.2, 0.25) is 0 Å². The van der Waals surface area contributed by atoms with Crippen LogP contribution in [-0.4, -0.2) is 12.6 Å². The molecule has 0 aliphatic carbocycles. The predicted molar refractivity (Wildman–Crippen MR) is 59.0 cm³/mol. The Labute approximate surface area is 85.5 Å². The van der Waals surface area contributed by atoms with Crippen LogP contribution in [-0.2, 0) is 5.54 Å². The smallest absolute Gasteiger partial charge is 0.0585 e. The highest BCUT2D eigenvalue weighted by molar-refractivity contribution is 5.27. The average molecular weight is 190 g/mol. The standard InChI is InChI=1S/C12H18N2/c1-10(13)12(8-5-9-14-12)11-6-3-2-4-7-11/h2-4,6-7,10,14H,5,8-9,13H2,1H3. The minimum atomic E-state index is 0.0151. The van der Waals surface area contributed by atoms with Crippen LogP contribution in [0.5, 0.6) is 0 Å². The van der Waals surface area contributed by atoms with Crippen molar-refractivity contribution in [3.05, 3.63) is 35.9 Å². The molecule has 0 amide bonds. The van der Waals surface area contributed by atoms with E-state index in [-0.39, 0.29) is 11.6 Å². The molecule has 1 aromatic carbocycles. The van der Waals surface area contributed by atoms with Crippen LogP contribution in [0.15, 0.2) is 30.3 Å². The molecule has 2 atom stereocenters. The van der Waals surface area contributed by atoms with Gasteiger partial charge in [0.1, 0.15) is 0 Å². The number of nitrogens with one attached hydrogen (secondary N) is 1. The largest absolute Gasteiger partial charge is 0.326 e. The zero-order valence-electron chi connectivity index (χ0n) is 8.66. The maximum Gasteiger partial charge on any atom is 0.0585 e. The Morgan fingerprint density at radius 3 is 2.57 bits per heavy atom. The third-order valence-electron chi connectivity index (χ3n) is 3.25. The second kappa shape index (κ2) is 3.71. The Kier molecular flexibility index (Phi) is 2.57. The summed E-state index contributed by atoms with van der Waals surface area (Å²) in [5.41, 5.74) is 7.44. The van der Waals surface area contributed by atoms with Gasteiger partial charge in [-0.05, 0) is 31.9 Å². The van der Waals surface area contributed by atoms with Gasteiger partial charge in [0.25, 0.3) is 0 Å². The Morgan fingerprint density at radius 1 is 1.36 bits per heavy atom. The highest BCUT2D eigenvalue weighted by atomic mass is 15.0. The van der Waals surface area contributed by atoms with Crippen molar-refractivity contribution in [1.82, 2.24) is 5.32 Å². The van der Waals surface area contributed by atoms with Crippen molar-refractivity contribution in [3.63, 3.8) is 0 Å². The minimum absolute atomic E-state index is 0.0151. The fraction of sp³-hybridized carbons (Fsp3) is 0.500. The molecule has 1 aliphatic rings. The first-order valence-corrected chi connectivity index (χ1v) is 5.32. The number of rotatable bonds is 2. The lowest BCUT2D eigenvalue weighted by atomic mass is 9.83. The Bertz CT molecular complexity index is 286. The molecule has 1 heterocycles. The van der Waals surface area contributed by atoms with Gasteiger partial charge < -0.3 is 11.1 Å². The summed E-state index contributed by atoms with van der Waals surface area (Å²) in [4.78, 5) is 0. The van der Waals surface area contributed by atoms with Crippen LogP contribution in [0.3, 0.4) is 0 Å². The predicted octanol–water partition coefficient (Wildman–Crippen LogP) is 1.61. The topological polar surface area (TPSA) is 38.0 Å². The molecule has 0 radical (unpaired) electrons. The molecule has 0 bridgehead atoms. The molecule has 76 valence electrons. The van der Waals surface area contributed by atoms with Gasteiger partial charge in [-0.2, -0.15) is 0 Å². The lowest BCUT2D eigenvalue weighted by Crippen LogP contribution is -2.50. The number of hydrogen-bond acceptors (Lipinski definition) is 2. The molecule has 14 heavy (non-hydrogen) atoms. The quantitative estimate of drug-likeness (QED) is 0.743. The molecule has 2 nitrogen and oxygen atoms in total. The lowest BCUT2D eigenvalue weighted by Gasteiger charge is -2.34. The van der Waals surface area contributed by atoms with Crippen LogP contribution >= 0.6 is 0 Å². The molecule has 0 saturated carbocycles. The highest BCUT2D eigenvalue weighted by Crippen LogP contribution is 2.32. The van der Waals surface area contributed by atoms with Crippen molar-refractivity contribution < 1.29 is 0 Å². The zero-order chi connectivity index (χ0) is 10.0. The van der Waals surface area contributed by atoms with E-state index >= 15 is 0 Å². The highest BCUT2D eigenvalue weighted by Gasteiger charge is 2.38. The van der Waals surface area contributed by atoms with E-state index < -0.39 is 0 Å². The van der Waals surface area contributed by atoms with Crippen molar-refractivity contribution in [2.45, 2.75) is 31.3 Å². The van der Waals surface area contributed by atoms with Crippen molar-refractivity contribution >= 4 is 0 Å². The van der Waals surface area contributed by atoms with Gasteiger partial charge in [0.05, 0.1) is 5.54 Å². The summed E-state index contributed by atoms with van der Waals surface area (Å²) >= 11 is 0. The van der Waals surface area contributed by atoms with E-state index in [9.17, 15) is 0 Å². The molecule has 1 fully saturated rings. The van der Waals surface area contributed by atoms with E-state index in [0.717, 1.165) is 13.0 Å². The molecular weight excluding hydrogens is 172 g/mol. The van der Waals surface area contributed by atoms with E-state index in [2.05, 4.69) is 36.5 Å². The first-order chi connectivity index (χ1) is 6.76. The van der Waals surface area contributed by atoms with Gasteiger partial charge in [-0.15, -0.1) is 0 Å². The van der Waals surface area contributed by atoms with E-state index in [1.807, 2.05) is 6.07 Å². The third-order valence-corrected chi connectivity index (χ3v) is 3.25. The van der Waals surface area contributed by atoms with E-state index in [0.29, 0.717) is 0 Å². The summed E-state index contributed by atoms with van der Waals surface area (Å²) in [6, 6.07) is 10.7. The maximum absolute atomic E-state index is 6.10. The minimum Gasteiger partial charge on any atom is -0.326 e. The summed E-state index contributed by atoms with van der Waals surface area (Å²) in [6.45, 7) is 3.17. The molecule has 2 unspecified atom stereocenters. The van der Waals surface area contributed by atoms with E-state index in [1.54, 1.807) is 0 Å². The lowest BCUT2D eigenvalue weighted by molar-refractivity contribution is 0.327. The van der Waals surface area contributed by atoms with Crippen LogP contribution in [0.25, 0.3) is 0 Å². The number of benzene rings is 1. The normalized spacial score (nSPS) is 29.0. The summed E-state index contributed by atoms with van der Waals surface area (Å²) < 4.78 is 0. The van der Waals surface area contributed by atoms with Crippen molar-refractivity contribution in [2.24, 2.45) is 5.73 Å². The average Bonchev–Trinajstić information content (AvgIpc) is 2.69.